The summed E-state index contributed by atoms with van der Waals surface area (Å²) in [6.07, 6.45) is 4.73. The molecule has 1 aromatic carbocycles. The minimum atomic E-state index is -0.392. The molecule has 5 heteroatoms. The number of pyridine rings is 1. The molecule has 2 amide bonds. The van der Waals surface area contributed by atoms with Gasteiger partial charge >= 0.3 is 6.03 Å². The molecule has 0 aliphatic heterocycles. The maximum Gasteiger partial charge on any atom is 0.324 e. The predicted molar refractivity (Wildman–Crippen MR) is 71.8 cm³/mol. The second kappa shape index (κ2) is 6.30. The Hall–Kier alpha value is -2.69. The monoisotopic (exact) mass is 257 g/mol. The Morgan fingerprint density at radius 1 is 1.16 bits per heavy atom. The van der Waals surface area contributed by atoms with Crippen LogP contribution in [-0.2, 0) is 0 Å². The van der Waals surface area contributed by atoms with Gasteiger partial charge in [0, 0.05) is 12.4 Å². The molecule has 0 fully saturated rings. The Morgan fingerprint density at radius 3 is 2.63 bits per heavy atom. The van der Waals surface area contributed by atoms with Crippen molar-refractivity contribution in [1.29, 1.82) is 0 Å². The van der Waals surface area contributed by atoms with Crippen LogP contribution in [0.3, 0.4) is 0 Å². The smallest absolute Gasteiger partial charge is 0.314 e. The summed E-state index contributed by atoms with van der Waals surface area (Å²) in [4.78, 5) is 15.4. The van der Waals surface area contributed by atoms with Gasteiger partial charge in [-0.1, -0.05) is 18.2 Å². The van der Waals surface area contributed by atoms with E-state index in [1.54, 1.807) is 42.6 Å². The van der Waals surface area contributed by atoms with Crippen molar-refractivity contribution in [1.82, 2.24) is 10.3 Å². The standard InChI is InChI=1S/C14H12FN3O/c15-12-6-4-11(5-7-12)8-10-17-14(19)18-13-3-1-2-9-16-13/h1-10H,(H2,16,17,18,19)/b10-8+. The van der Waals surface area contributed by atoms with Crippen molar-refractivity contribution in [2.75, 3.05) is 5.32 Å². The molecule has 4 nitrogen and oxygen atoms in total. The summed E-state index contributed by atoms with van der Waals surface area (Å²) in [5.41, 5.74) is 0.791. The van der Waals surface area contributed by atoms with Crippen molar-refractivity contribution >= 4 is 17.9 Å². The number of amides is 2. The fraction of sp³-hybridized carbons (Fsp3) is 0. The maximum atomic E-state index is 12.7. The minimum absolute atomic E-state index is 0.294. The van der Waals surface area contributed by atoms with E-state index in [0.717, 1.165) is 5.56 Å². The van der Waals surface area contributed by atoms with Crippen LogP contribution in [0.5, 0.6) is 0 Å². The third-order valence-corrected chi connectivity index (χ3v) is 2.27. The van der Waals surface area contributed by atoms with E-state index < -0.39 is 6.03 Å². The third kappa shape index (κ3) is 4.23. The molecule has 0 aliphatic rings. The van der Waals surface area contributed by atoms with Crippen molar-refractivity contribution in [2.24, 2.45) is 0 Å². The average Bonchev–Trinajstić information content (AvgIpc) is 2.42. The molecule has 2 rings (SSSR count). The van der Waals surface area contributed by atoms with Crippen LogP contribution in [0.15, 0.2) is 54.9 Å². The van der Waals surface area contributed by atoms with E-state index >= 15 is 0 Å². The fourth-order valence-corrected chi connectivity index (χ4v) is 1.38. The highest BCUT2D eigenvalue weighted by Crippen LogP contribution is 2.04. The highest BCUT2D eigenvalue weighted by molar-refractivity contribution is 5.89. The van der Waals surface area contributed by atoms with Crippen LogP contribution in [0.25, 0.3) is 6.08 Å². The normalized spacial score (nSPS) is 10.4. The number of urea groups is 1. The van der Waals surface area contributed by atoms with Crippen LogP contribution in [-0.4, -0.2) is 11.0 Å². The lowest BCUT2D eigenvalue weighted by atomic mass is 10.2. The molecule has 96 valence electrons. The van der Waals surface area contributed by atoms with Crippen LogP contribution in [0, 0.1) is 5.82 Å². The zero-order chi connectivity index (χ0) is 13.5. The zero-order valence-electron chi connectivity index (χ0n) is 10.0. The number of hydrogen-bond acceptors (Lipinski definition) is 2. The minimum Gasteiger partial charge on any atom is -0.314 e. The van der Waals surface area contributed by atoms with E-state index in [1.807, 2.05) is 0 Å². The first-order valence-corrected chi connectivity index (χ1v) is 5.65. The summed E-state index contributed by atoms with van der Waals surface area (Å²) in [6.45, 7) is 0. The number of halogens is 1. The summed E-state index contributed by atoms with van der Waals surface area (Å²) >= 11 is 0. The second-order valence-electron chi connectivity index (χ2n) is 3.70. The Kier molecular flexibility index (Phi) is 4.23. The maximum absolute atomic E-state index is 12.7. The SMILES string of the molecule is O=C(N/C=C/c1ccc(F)cc1)Nc1ccccn1. The summed E-state index contributed by atoms with van der Waals surface area (Å²) in [6, 6.07) is 10.8. The largest absolute Gasteiger partial charge is 0.324 e. The number of rotatable bonds is 3. The Labute approximate surface area is 110 Å². The van der Waals surface area contributed by atoms with E-state index in [2.05, 4.69) is 15.6 Å². The lowest BCUT2D eigenvalue weighted by molar-refractivity contribution is 0.255. The summed E-state index contributed by atoms with van der Waals surface area (Å²) in [5, 5.41) is 5.09. The van der Waals surface area contributed by atoms with E-state index in [1.165, 1.54) is 18.3 Å². The number of benzene rings is 1. The number of anilines is 1. The molecule has 0 saturated heterocycles. The Morgan fingerprint density at radius 2 is 1.95 bits per heavy atom. The first-order valence-electron chi connectivity index (χ1n) is 5.65. The summed E-state index contributed by atoms with van der Waals surface area (Å²) < 4.78 is 12.7. The molecular formula is C14H12FN3O. The summed E-state index contributed by atoms with van der Waals surface area (Å²) in [5.74, 6) is 0.174. The van der Waals surface area contributed by atoms with Gasteiger partial charge < -0.3 is 5.32 Å². The van der Waals surface area contributed by atoms with Gasteiger partial charge in [-0.05, 0) is 35.9 Å². The number of nitrogens with zero attached hydrogens (tertiary/aromatic N) is 1. The molecule has 0 unspecified atom stereocenters. The third-order valence-electron chi connectivity index (χ3n) is 2.27. The van der Waals surface area contributed by atoms with E-state index in [-0.39, 0.29) is 5.82 Å². The molecule has 0 radical (unpaired) electrons. The Balaban J connectivity index is 1.85. The van der Waals surface area contributed by atoms with Gasteiger partial charge in [-0.25, -0.2) is 14.2 Å². The van der Waals surface area contributed by atoms with Gasteiger partial charge in [0.25, 0.3) is 0 Å². The fourth-order valence-electron chi connectivity index (χ4n) is 1.38. The molecule has 0 atom stereocenters. The lowest BCUT2D eigenvalue weighted by Crippen LogP contribution is -2.24. The van der Waals surface area contributed by atoms with Crippen LogP contribution >= 0.6 is 0 Å². The molecule has 0 bridgehead atoms. The van der Waals surface area contributed by atoms with Crippen LogP contribution in [0.1, 0.15) is 5.56 Å². The topological polar surface area (TPSA) is 54.0 Å². The number of aromatic nitrogens is 1. The van der Waals surface area contributed by atoms with Gasteiger partial charge in [0.2, 0.25) is 0 Å². The van der Waals surface area contributed by atoms with Crippen molar-refractivity contribution in [2.45, 2.75) is 0 Å². The van der Waals surface area contributed by atoms with Gasteiger partial charge in [0.15, 0.2) is 0 Å². The molecule has 2 N–H and O–H groups in total. The molecule has 2 aromatic rings. The molecular weight excluding hydrogens is 245 g/mol. The average molecular weight is 257 g/mol. The lowest BCUT2D eigenvalue weighted by Gasteiger charge is -2.02. The molecule has 1 aromatic heterocycles. The molecule has 0 spiro atoms. The highest BCUT2D eigenvalue weighted by Gasteiger charge is 1.98. The van der Waals surface area contributed by atoms with E-state index in [9.17, 15) is 9.18 Å². The first-order chi connectivity index (χ1) is 9.24. The highest BCUT2D eigenvalue weighted by atomic mass is 19.1. The Bertz CT molecular complexity index is 567. The van der Waals surface area contributed by atoms with Gasteiger partial charge in [0.1, 0.15) is 11.6 Å². The second-order valence-corrected chi connectivity index (χ2v) is 3.70. The molecule has 1 heterocycles. The zero-order valence-corrected chi connectivity index (χ0v) is 10.0. The summed E-state index contributed by atoms with van der Waals surface area (Å²) in [7, 11) is 0. The molecule has 0 saturated carbocycles. The van der Waals surface area contributed by atoms with E-state index in [0.29, 0.717) is 5.82 Å². The number of nitrogens with one attached hydrogen (secondary N) is 2. The van der Waals surface area contributed by atoms with Crippen LogP contribution in [0.4, 0.5) is 15.0 Å². The van der Waals surface area contributed by atoms with Gasteiger partial charge in [-0.15, -0.1) is 0 Å². The van der Waals surface area contributed by atoms with Crippen LogP contribution < -0.4 is 10.6 Å². The van der Waals surface area contributed by atoms with Crippen molar-refractivity contribution < 1.29 is 9.18 Å². The molecule has 0 aliphatic carbocycles. The van der Waals surface area contributed by atoms with Crippen LogP contribution in [0.2, 0.25) is 0 Å². The van der Waals surface area contributed by atoms with Crippen molar-refractivity contribution in [3.8, 4) is 0 Å². The van der Waals surface area contributed by atoms with Gasteiger partial charge in [-0.3, -0.25) is 5.32 Å². The predicted octanol–water partition coefficient (Wildman–Crippen LogP) is 3.01. The van der Waals surface area contributed by atoms with Crippen molar-refractivity contribution in [3.63, 3.8) is 0 Å². The van der Waals surface area contributed by atoms with Gasteiger partial charge in [0.05, 0.1) is 0 Å². The number of carbonyl (C=O) groups is 1. The number of hydrogen-bond donors (Lipinski definition) is 2. The van der Waals surface area contributed by atoms with Gasteiger partial charge in [-0.2, -0.15) is 0 Å². The number of carbonyl (C=O) groups excluding carboxylic acids is 1. The molecule has 19 heavy (non-hydrogen) atoms. The van der Waals surface area contributed by atoms with E-state index in [4.69, 9.17) is 0 Å². The quantitative estimate of drug-likeness (QED) is 0.888. The first kappa shape index (κ1) is 12.8. The van der Waals surface area contributed by atoms with Crippen molar-refractivity contribution in [3.05, 3.63) is 66.2 Å².